The third-order valence-corrected chi connectivity index (χ3v) is 7.16. The second kappa shape index (κ2) is 10.2. The van der Waals surface area contributed by atoms with Gasteiger partial charge >= 0.3 is 6.03 Å². The summed E-state index contributed by atoms with van der Waals surface area (Å²) in [6, 6.07) is 16.9. The van der Waals surface area contributed by atoms with Crippen LogP contribution in [0.5, 0.6) is 5.75 Å². The summed E-state index contributed by atoms with van der Waals surface area (Å²) in [5, 5.41) is 3.16. The number of benzene rings is 2. The fourth-order valence-corrected chi connectivity index (χ4v) is 5.45. The Labute approximate surface area is 185 Å². The van der Waals surface area contributed by atoms with Crippen LogP contribution in [0.4, 0.5) is 4.79 Å². The lowest BCUT2D eigenvalue weighted by Crippen LogP contribution is -2.51. The summed E-state index contributed by atoms with van der Waals surface area (Å²) in [6.45, 7) is 3.31. The fraction of sp³-hybridized carbons (Fsp3) is 0.435. The highest BCUT2D eigenvalue weighted by atomic mass is 32.2. The summed E-state index contributed by atoms with van der Waals surface area (Å²) in [6.07, 6.45) is 2.49. The van der Waals surface area contributed by atoms with E-state index in [4.69, 9.17) is 4.74 Å². The van der Waals surface area contributed by atoms with E-state index in [0.717, 1.165) is 11.1 Å². The predicted molar refractivity (Wildman–Crippen MR) is 122 cm³/mol. The lowest BCUT2D eigenvalue weighted by atomic mass is 9.97. The number of piperidine rings is 1. The largest absolute Gasteiger partial charge is 0.496 e. The van der Waals surface area contributed by atoms with Crippen LogP contribution in [0.2, 0.25) is 0 Å². The maximum Gasteiger partial charge on any atom is 0.318 e. The number of hydrogen-bond acceptors (Lipinski definition) is 4. The predicted octanol–water partition coefficient (Wildman–Crippen LogP) is 3.24. The van der Waals surface area contributed by atoms with E-state index in [1.165, 1.54) is 10.6 Å². The SMILES string of the molecule is CCN(C1CCN(C(=O)NC(c2ccccc2)c2ccccc2OC)CC1)S(C)(=O)=O. The molecule has 1 heterocycles. The molecule has 2 aromatic rings. The molecule has 0 spiro atoms. The van der Waals surface area contributed by atoms with Crippen LogP contribution in [0.1, 0.15) is 36.9 Å². The number of nitrogens with one attached hydrogen (secondary N) is 1. The molecule has 0 bridgehead atoms. The quantitative estimate of drug-likeness (QED) is 0.710. The average molecular weight is 446 g/mol. The van der Waals surface area contributed by atoms with Crippen LogP contribution >= 0.6 is 0 Å². The van der Waals surface area contributed by atoms with Crippen LogP contribution in [0.15, 0.2) is 54.6 Å². The minimum Gasteiger partial charge on any atom is -0.496 e. The van der Waals surface area contributed by atoms with Crippen molar-refractivity contribution >= 4 is 16.1 Å². The van der Waals surface area contributed by atoms with Crippen molar-refractivity contribution in [3.05, 3.63) is 65.7 Å². The lowest BCUT2D eigenvalue weighted by Gasteiger charge is -2.37. The average Bonchev–Trinajstić information content (AvgIpc) is 2.78. The van der Waals surface area contributed by atoms with E-state index >= 15 is 0 Å². The molecule has 8 heteroatoms. The molecule has 168 valence electrons. The van der Waals surface area contributed by atoms with E-state index < -0.39 is 10.0 Å². The smallest absolute Gasteiger partial charge is 0.318 e. The Morgan fingerprint density at radius 3 is 2.32 bits per heavy atom. The summed E-state index contributed by atoms with van der Waals surface area (Å²) < 4.78 is 31.1. The number of likely N-dealkylation sites (tertiary alicyclic amines) is 1. The molecule has 0 aromatic heterocycles. The molecule has 31 heavy (non-hydrogen) atoms. The second-order valence-electron chi connectivity index (χ2n) is 7.72. The molecule has 2 aromatic carbocycles. The Kier molecular flexibility index (Phi) is 7.56. The van der Waals surface area contributed by atoms with Crippen molar-refractivity contribution in [2.24, 2.45) is 0 Å². The topological polar surface area (TPSA) is 79.0 Å². The molecule has 1 saturated heterocycles. The fourth-order valence-electron chi connectivity index (χ4n) is 4.23. The number of ether oxygens (including phenoxy) is 1. The number of rotatable bonds is 7. The molecule has 0 aliphatic carbocycles. The summed E-state index contributed by atoms with van der Waals surface area (Å²) in [5.41, 5.74) is 1.85. The van der Waals surface area contributed by atoms with Crippen LogP contribution in [0.25, 0.3) is 0 Å². The van der Waals surface area contributed by atoms with Gasteiger partial charge in [0.25, 0.3) is 0 Å². The van der Waals surface area contributed by atoms with E-state index in [2.05, 4.69) is 5.32 Å². The Bertz CT molecular complexity index is 973. The number of hydrogen-bond donors (Lipinski definition) is 1. The number of amides is 2. The van der Waals surface area contributed by atoms with Gasteiger partial charge in [-0.3, -0.25) is 0 Å². The van der Waals surface area contributed by atoms with Crippen LogP contribution in [0, 0.1) is 0 Å². The van der Waals surface area contributed by atoms with Gasteiger partial charge < -0.3 is 15.0 Å². The maximum absolute atomic E-state index is 13.1. The van der Waals surface area contributed by atoms with Gasteiger partial charge in [0.1, 0.15) is 5.75 Å². The number of methoxy groups -OCH3 is 1. The van der Waals surface area contributed by atoms with Crippen molar-refractivity contribution < 1.29 is 17.9 Å². The van der Waals surface area contributed by atoms with Crippen molar-refractivity contribution in [1.29, 1.82) is 0 Å². The minimum absolute atomic E-state index is 0.0665. The zero-order chi connectivity index (χ0) is 22.4. The van der Waals surface area contributed by atoms with E-state index in [1.54, 1.807) is 12.0 Å². The van der Waals surface area contributed by atoms with Gasteiger partial charge in [0.15, 0.2) is 0 Å². The van der Waals surface area contributed by atoms with Gasteiger partial charge in [-0.25, -0.2) is 13.2 Å². The van der Waals surface area contributed by atoms with Gasteiger partial charge in [-0.2, -0.15) is 4.31 Å². The first-order valence-corrected chi connectivity index (χ1v) is 12.4. The summed E-state index contributed by atoms with van der Waals surface area (Å²) >= 11 is 0. The molecule has 1 unspecified atom stereocenters. The van der Waals surface area contributed by atoms with Gasteiger partial charge in [-0.05, 0) is 24.5 Å². The van der Waals surface area contributed by atoms with E-state index in [0.29, 0.717) is 38.2 Å². The normalized spacial score (nSPS) is 16.2. The Morgan fingerprint density at radius 2 is 1.74 bits per heavy atom. The van der Waals surface area contributed by atoms with E-state index in [1.807, 2.05) is 61.5 Å². The Balaban J connectivity index is 1.75. The molecule has 1 aliphatic rings. The number of nitrogens with zero attached hydrogens (tertiary/aromatic N) is 2. The minimum atomic E-state index is -3.25. The molecular formula is C23H31N3O4S. The zero-order valence-electron chi connectivity index (χ0n) is 18.3. The molecule has 1 N–H and O–H groups in total. The molecule has 1 aliphatic heterocycles. The van der Waals surface area contributed by atoms with Crippen molar-refractivity contribution in [2.45, 2.75) is 31.8 Å². The molecule has 2 amide bonds. The molecule has 1 fully saturated rings. The van der Waals surface area contributed by atoms with Crippen molar-refractivity contribution in [1.82, 2.24) is 14.5 Å². The van der Waals surface area contributed by atoms with Gasteiger partial charge in [-0.1, -0.05) is 55.5 Å². The summed E-state index contributed by atoms with van der Waals surface area (Å²) in [7, 11) is -1.63. The van der Waals surface area contributed by atoms with Crippen molar-refractivity contribution in [3.8, 4) is 5.75 Å². The van der Waals surface area contributed by atoms with Crippen LogP contribution in [0.3, 0.4) is 0 Å². The highest BCUT2D eigenvalue weighted by Crippen LogP contribution is 2.30. The number of urea groups is 1. The first kappa shape index (κ1) is 23.1. The molecule has 7 nitrogen and oxygen atoms in total. The number of sulfonamides is 1. The number of carbonyl (C=O) groups is 1. The first-order valence-electron chi connectivity index (χ1n) is 10.5. The molecular weight excluding hydrogens is 414 g/mol. The van der Waals surface area contributed by atoms with Crippen molar-refractivity contribution in [3.63, 3.8) is 0 Å². The van der Waals surface area contributed by atoms with Crippen LogP contribution in [-0.2, 0) is 10.0 Å². The van der Waals surface area contributed by atoms with Crippen LogP contribution < -0.4 is 10.1 Å². The Morgan fingerprint density at radius 1 is 1.13 bits per heavy atom. The van der Waals surface area contributed by atoms with Gasteiger partial charge in [0, 0.05) is 31.2 Å². The third-order valence-electron chi connectivity index (χ3n) is 5.75. The monoisotopic (exact) mass is 445 g/mol. The van der Waals surface area contributed by atoms with E-state index in [-0.39, 0.29) is 18.1 Å². The number of para-hydroxylation sites is 1. The van der Waals surface area contributed by atoms with Gasteiger partial charge in [0.2, 0.25) is 10.0 Å². The summed E-state index contributed by atoms with van der Waals surface area (Å²) in [5.74, 6) is 0.710. The Hall–Kier alpha value is -2.58. The molecule has 3 rings (SSSR count). The molecule has 1 atom stereocenters. The molecule has 0 radical (unpaired) electrons. The van der Waals surface area contributed by atoms with Crippen LogP contribution in [-0.4, -0.2) is 62.7 Å². The zero-order valence-corrected chi connectivity index (χ0v) is 19.1. The standard InChI is InChI=1S/C23H31N3O4S/c1-4-26(31(3,28)29)19-14-16-25(17-15-19)23(27)24-22(18-10-6-5-7-11-18)20-12-8-9-13-21(20)30-2/h5-13,19,22H,4,14-17H2,1-3H3,(H,24,27). The molecule has 0 saturated carbocycles. The number of carbonyl (C=O) groups excluding carboxylic acids is 1. The van der Waals surface area contributed by atoms with Gasteiger partial charge in [-0.15, -0.1) is 0 Å². The maximum atomic E-state index is 13.1. The third kappa shape index (κ3) is 5.57. The first-order chi connectivity index (χ1) is 14.8. The van der Waals surface area contributed by atoms with Crippen molar-refractivity contribution in [2.75, 3.05) is 33.0 Å². The second-order valence-corrected chi connectivity index (χ2v) is 9.65. The lowest BCUT2D eigenvalue weighted by molar-refractivity contribution is 0.157. The van der Waals surface area contributed by atoms with E-state index in [9.17, 15) is 13.2 Å². The van der Waals surface area contributed by atoms with Gasteiger partial charge in [0.05, 0.1) is 19.4 Å². The summed E-state index contributed by atoms with van der Waals surface area (Å²) in [4.78, 5) is 14.9. The highest BCUT2D eigenvalue weighted by molar-refractivity contribution is 7.88. The highest BCUT2D eigenvalue weighted by Gasteiger charge is 2.31.